The fourth-order valence-electron chi connectivity index (χ4n) is 1.39. The van der Waals surface area contributed by atoms with Gasteiger partial charge in [-0.25, -0.2) is 0 Å². The highest BCUT2D eigenvalue weighted by Gasteiger charge is 2.14. The second-order valence-electron chi connectivity index (χ2n) is 3.15. The summed E-state index contributed by atoms with van der Waals surface area (Å²) >= 11 is 0. The Hall–Kier alpha value is -1.74. The Morgan fingerprint density at radius 3 is 2.25 bits per heavy atom. The van der Waals surface area contributed by atoms with E-state index in [0.717, 1.165) is 0 Å². The van der Waals surface area contributed by atoms with E-state index in [-0.39, 0.29) is 21.3 Å². The predicted molar refractivity (Wildman–Crippen MR) is 56.4 cm³/mol. The molecule has 0 spiro atoms. The number of carboxylic acid groups (broad SMARTS) is 2. The smallest absolute Gasteiger partial charge is 0.307 e. The van der Waals surface area contributed by atoms with Crippen LogP contribution in [0.2, 0.25) is 0 Å². The van der Waals surface area contributed by atoms with Gasteiger partial charge >= 0.3 is 11.9 Å². The number of aliphatic carboxylic acids is 2. The van der Waals surface area contributed by atoms with Crippen LogP contribution >= 0.6 is 8.46 Å². The molecule has 6 heteroatoms. The lowest BCUT2D eigenvalue weighted by atomic mass is 10.0. The van der Waals surface area contributed by atoms with Crippen LogP contribution in [0.5, 0.6) is 0 Å². The first kappa shape index (κ1) is 12.3. The predicted octanol–water partition coefficient (Wildman–Crippen LogP) is 0.858. The molecule has 84 valence electrons. The van der Waals surface area contributed by atoms with Crippen molar-refractivity contribution in [2.24, 2.45) is 0 Å². The Kier molecular flexibility index (Phi) is 4.14. The molecule has 0 heterocycles. The van der Waals surface area contributed by atoms with Crippen molar-refractivity contribution in [1.82, 2.24) is 0 Å². The third kappa shape index (κ3) is 3.14. The van der Waals surface area contributed by atoms with Crippen molar-refractivity contribution in [3.8, 4) is 0 Å². The van der Waals surface area contributed by atoms with E-state index in [4.69, 9.17) is 10.2 Å². The fourth-order valence-corrected chi connectivity index (χ4v) is 1.87. The van der Waals surface area contributed by atoms with Gasteiger partial charge in [0.25, 0.3) is 0 Å². The molecule has 0 fully saturated rings. The van der Waals surface area contributed by atoms with Gasteiger partial charge in [-0.1, -0.05) is 12.1 Å². The molecular formula is C10H9O5P. The van der Waals surface area contributed by atoms with E-state index in [1.54, 1.807) is 6.07 Å². The van der Waals surface area contributed by atoms with Gasteiger partial charge in [-0.15, -0.1) is 0 Å². The van der Waals surface area contributed by atoms with Gasteiger partial charge in [-0.05, 0) is 17.2 Å². The molecule has 0 saturated heterocycles. The van der Waals surface area contributed by atoms with E-state index in [1.807, 2.05) is 0 Å². The van der Waals surface area contributed by atoms with Crippen molar-refractivity contribution in [3.63, 3.8) is 0 Å². The average molecular weight is 240 g/mol. The molecule has 0 amide bonds. The van der Waals surface area contributed by atoms with Crippen molar-refractivity contribution in [2.45, 2.75) is 12.8 Å². The second-order valence-corrected chi connectivity index (χ2v) is 3.81. The number of hydrogen-bond acceptors (Lipinski definition) is 3. The number of benzene rings is 1. The minimum absolute atomic E-state index is 0.272. The summed E-state index contributed by atoms with van der Waals surface area (Å²) < 4.78 is 10.8. The summed E-state index contributed by atoms with van der Waals surface area (Å²) in [5.41, 5.74) is 0.699. The van der Waals surface area contributed by atoms with Gasteiger partial charge in [0.05, 0.1) is 12.8 Å². The molecular weight excluding hydrogens is 231 g/mol. The van der Waals surface area contributed by atoms with E-state index < -0.39 is 11.9 Å². The summed E-state index contributed by atoms with van der Waals surface area (Å²) in [5, 5.41) is 17.7. The zero-order valence-electron chi connectivity index (χ0n) is 8.21. The number of carbonyl (C=O) groups is 2. The Balaban J connectivity index is 3.19. The summed E-state index contributed by atoms with van der Waals surface area (Å²) in [7, 11) is -0.306. The molecule has 1 aromatic carbocycles. The highest BCUT2D eigenvalue weighted by atomic mass is 31.1. The van der Waals surface area contributed by atoms with Crippen LogP contribution in [0.25, 0.3) is 0 Å². The summed E-state index contributed by atoms with van der Waals surface area (Å²) in [6.45, 7) is 0. The van der Waals surface area contributed by atoms with Gasteiger partial charge in [-0.3, -0.25) is 14.2 Å². The minimum Gasteiger partial charge on any atom is -0.481 e. The molecule has 2 N–H and O–H groups in total. The molecule has 0 aliphatic carbocycles. The van der Waals surface area contributed by atoms with Crippen molar-refractivity contribution in [3.05, 3.63) is 29.3 Å². The highest BCUT2D eigenvalue weighted by molar-refractivity contribution is 7.34. The van der Waals surface area contributed by atoms with Crippen LogP contribution in [0, 0.1) is 0 Å². The van der Waals surface area contributed by atoms with Crippen molar-refractivity contribution >= 4 is 25.7 Å². The third-order valence-electron chi connectivity index (χ3n) is 2.02. The Morgan fingerprint density at radius 2 is 1.75 bits per heavy atom. The molecule has 0 saturated carbocycles. The largest absolute Gasteiger partial charge is 0.481 e. The molecule has 0 bridgehead atoms. The van der Waals surface area contributed by atoms with Crippen molar-refractivity contribution in [1.29, 1.82) is 0 Å². The van der Waals surface area contributed by atoms with Crippen LogP contribution in [0.1, 0.15) is 11.1 Å². The zero-order chi connectivity index (χ0) is 12.1. The quantitative estimate of drug-likeness (QED) is 0.744. The number of rotatable bonds is 5. The van der Waals surface area contributed by atoms with Crippen LogP contribution < -0.4 is 5.30 Å². The number of carboxylic acids is 2. The van der Waals surface area contributed by atoms with Crippen LogP contribution in [0.15, 0.2) is 18.2 Å². The highest BCUT2D eigenvalue weighted by Crippen LogP contribution is 2.13. The maximum absolute atomic E-state index is 10.8. The lowest BCUT2D eigenvalue weighted by molar-refractivity contribution is -0.137. The van der Waals surface area contributed by atoms with Crippen LogP contribution in [0.3, 0.4) is 0 Å². The maximum Gasteiger partial charge on any atom is 0.307 e. The van der Waals surface area contributed by atoms with Crippen LogP contribution in [0.4, 0.5) is 0 Å². The van der Waals surface area contributed by atoms with Crippen molar-refractivity contribution < 1.29 is 24.4 Å². The molecule has 0 aromatic heterocycles. The van der Waals surface area contributed by atoms with E-state index in [9.17, 15) is 14.2 Å². The van der Waals surface area contributed by atoms with Crippen LogP contribution in [-0.2, 0) is 27.0 Å². The Labute approximate surface area is 92.9 Å². The van der Waals surface area contributed by atoms with Gasteiger partial charge in [0.15, 0.2) is 8.46 Å². The van der Waals surface area contributed by atoms with E-state index in [1.165, 1.54) is 12.1 Å². The van der Waals surface area contributed by atoms with Crippen LogP contribution in [-0.4, -0.2) is 22.2 Å². The molecule has 1 rings (SSSR count). The van der Waals surface area contributed by atoms with Gasteiger partial charge in [0.1, 0.15) is 0 Å². The van der Waals surface area contributed by atoms with E-state index in [2.05, 4.69) is 0 Å². The Bertz CT molecular complexity index is 441. The average Bonchev–Trinajstić information content (AvgIpc) is 2.19. The zero-order valence-corrected chi connectivity index (χ0v) is 9.11. The monoisotopic (exact) mass is 240 g/mol. The summed E-state index contributed by atoms with van der Waals surface area (Å²) in [5.74, 6) is -2.13. The standard InChI is InChI=1S/C10H9O5P/c11-9(12)4-6-2-1-3-8(16-15)7(6)5-10(13)14/h1-3H,4-5H2,(H,11,12)(H,13,14). The Morgan fingerprint density at radius 1 is 1.12 bits per heavy atom. The first-order chi connectivity index (χ1) is 7.54. The lowest BCUT2D eigenvalue weighted by Crippen LogP contribution is -2.14. The molecule has 0 aliphatic rings. The van der Waals surface area contributed by atoms with Gasteiger partial charge in [0.2, 0.25) is 0 Å². The molecule has 16 heavy (non-hydrogen) atoms. The molecule has 0 radical (unpaired) electrons. The molecule has 0 aliphatic heterocycles. The van der Waals surface area contributed by atoms with Crippen molar-refractivity contribution in [2.75, 3.05) is 0 Å². The summed E-state index contributed by atoms with van der Waals surface area (Å²) in [6.07, 6.45) is -0.597. The normalized spacial score (nSPS) is 10.2. The van der Waals surface area contributed by atoms with Gasteiger partial charge < -0.3 is 10.2 Å². The minimum atomic E-state index is -1.08. The molecule has 1 aromatic rings. The summed E-state index contributed by atoms with van der Waals surface area (Å²) in [6, 6.07) is 4.60. The first-order valence-corrected chi connectivity index (χ1v) is 5.23. The van der Waals surface area contributed by atoms with E-state index in [0.29, 0.717) is 16.4 Å². The third-order valence-corrected chi connectivity index (χ3v) is 2.63. The fraction of sp³-hybridized carbons (Fsp3) is 0.200. The lowest BCUT2D eigenvalue weighted by Gasteiger charge is -2.07. The topological polar surface area (TPSA) is 91.7 Å². The first-order valence-electron chi connectivity index (χ1n) is 4.42. The maximum atomic E-state index is 10.8. The van der Waals surface area contributed by atoms with Gasteiger partial charge in [-0.2, -0.15) is 0 Å². The molecule has 0 atom stereocenters. The second kappa shape index (κ2) is 5.37. The molecule has 0 unspecified atom stereocenters. The van der Waals surface area contributed by atoms with E-state index >= 15 is 0 Å². The van der Waals surface area contributed by atoms with Gasteiger partial charge in [0, 0.05) is 5.30 Å². The summed E-state index contributed by atoms with van der Waals surface area (Å²) in [4.78, 5) is 21.2. The SMILES string of the molecule is O=Pc1cccc(CC(=O)O)c1CC(=O)O. The number of hydrogen-bond donors (Lipinski definition) is 2. The molecule has 5 nitrogen and oxygen atoms in total.